The van der Waals surface area contributed by atoms with Gasteiger partial charge in [-0.3, -0.25) is 0 Å². The Labute approximate surface area is 160 Å². The van der Waals surface area contributed by atoms with E-state index in [2.05, 4.69) is 22.2 Å². The van der Waals surface area contributed by atoms with Crippen LogP contribution in [0.4, 0.5) is 24.8 Å². The van der Waals surface area contributed by atoms with E-state index in [1.807, 2.05) is 30.3 Å². The molecular weight excluding hydrogens is 371 g/mol. The van der Waals surface area contributed by atoms with E-state index in [9.17, 15) is 13.2 Å². The van der Waals surface area contributed by atoms with Crippen LogP contribution in [0, 0.1) is 0 Å². The van der Waals surface area contributed by atoms with Crippen LogP contribution >= 0.6 is 11.8 Å². The fraction of sp³-hybridized carbons (Fsp3) is 0.200. The van der Waals surface area contributed by atoms with Gasteiger partial charge in [0.25, 0.3) is 0 Å². The van der Waals surface area contributed by atoms with Gasteiger partial charge >= 0.3 is 6.18 Å². The average Bonchev–Trinajstić information content (AvgIpc) is 2.64. The lowest BCUT2D eigenvalue weighted by molar-refractivity contribution is -0.140. The van der Waals surface area contributed by atoms with Gasteiger partial charge in [0.1, 0.15) is 10.6 Å². The van der Waals surface area contributed by atoms with Crippen molar-refractivity contribution in [3.8, 4) is 0 Å². The minimum absolute atomic E-state index is 0.129. The minimum Gasteiger partial charge on any atom is -0.324 e. The average molecular weight is 389 g/mol. The lowest BCUT2D eigenvalue weighted by Crippen LogP contribution is -2.10. The predicted molar refractivity (Wildman–Crippen MR) is 101 cm³/mol. The number of alkyl halides is 3. The Hall–Kier alpha value is -2.54. The Bertz CT molecular complexity index is 881. The number of nitrogens with zero attached hydrogens (tertiary/aromatic N) is 2. The highest BCUT2D eigenvalue weighted by Gasteiger charge is 2.35. The molecule has 1 N–H and O–H groups in total. The van der Waals surface area contributed by atoms with Gasteiger partial charge in [0.05, 0.1) is 0 Å². The smallest absolute Gasteiger partial charge is 0.324 e. The monoisotopic (exact) mass is 389 g/mol. The van der Waals surface area contributed by atoms with Crippen LogP contribution in [0.2, 0.25) is 0 Å². The number of aromatic nitrogens is 2. The summed E-state index contributed by atoms with van der Waals surface area (Å²) in [7, 11) is 0. The molecule has 3 rings (SSSR count). The van der Waals surface area contributed by atoms with Gasteiger partial charge in [-0.15, -0.1) is 0 Å². The van der Waals surface area contributed by atoms with Crippen molar-refractivity contribution in [3.05, 3.63) is 71.9 Å². The van der Waals surface area contributed by atoms with Crippen LogP contribution in [0.15, 0.2) is 70.7 Å². The molecule has 0 aliphatic carbocycles. The second-order valence-corrected chi connectivity index (χ2v) is 6.96. The quantitative estimate of drug-likeness (QED) is 0.499. The SMILES string of the molecule is CCCc1ccc(Nc2ncc(C(F)(F)F)c(Sc3ccccc3)n2)cc1. The molecule has 0 saturated carbocycles. The third kappa shape index (κ3) is 5.23. The molecule has 3 nitrogen and oxygen atoms in total. The van der Waals surface area contributed by atoms with Crippen LogP contribution < -0.4 is 5.32 Å². The summed E-state index contributed by atoms with van der Waals surface area (Å²) in [6, 6.07) is 16.5. The Morgan fingerprint density at radius 2 is 1.70 bits per heavy atom. The summed E-state index contributed by atoms with van der Waals surface area (Å²) in [5.74, 6) is 0.129. The van der Waals surface area contributed by atoms with Crippen LogP contribution in [0.25, 0.3) is 0 Å². The first-order valence-corrected chi connectivity index (χ1v) is 9.30. The summed E-state index contributed by atoms with van der Waals surface area (Å²) in [5.41, 5.74) is 1.09. The van der Waals surface area contributed by atoms with Crippen LogP contribution in [-0.4, -0.2) is 9.97 Å². The predicted octanol–water partition coefficient (Wildman–Crippen LogP) is 6.34. The van der Waals surface area contributed by atoms with Crippen molar-refractivity contribution in [2.45, 2.75) is 35.9 Å². The molecular formula is C20H18F3N3S. The van der Waals surface area contributed by atoms with Gasteiger partial charge in [-0.2, -0.15) is 13.2 Å². The van der Waals surface area contributed by atoms with E-state index in [1.54, 1.807) is 24.3 Å². The zero-order chi connectivity index (χ0) is 19.3. The molecule has 140 valence electrons. The molecule has 27 heavy (non-hydrogen) atoms. The molecule has 3 aromatic rings. The van der Waals surface area contributed by atoms with Gasteiger partial charge in [-0.05, 0) is 36.2 Å². The summed E-state index contributed by atoms with van der Waals surface area (Å²) in [5, 5.41) is 2.84. The Balaban J connectivity index is 1.87. The molecule has 0 aliphatic rings. The highest BCUT2D eigenvalue weighted by molar-refractivity contribution is 7.99. The standard InChI is InChI=1S/C20H18F3N3S/c1-2-6-14-9-11-15(12-10-14)25-19-24-13-17(20(21,22)23)18(26-19)27-16-7-4-3-5-8-16/h3-5,7-13H,2,6H2,1H3,(H,24,25,26). The molecule has 1 heterocycles. The molecule has 1 aromatic heterocycles. The third-order valence-corrected chi connectivity index (χ3v) is 4.78. The number of anilines is 2. The van der Waals surface area contributed by atoms with E-state index >= 15 is 0 Å². The summed E-state index contributed by atoms with van der Waals surface area (Å²) in [6.45, 7) is 2.11. The van der Waals surface area contributed by atoms with Crippen molar-refractivity contribution >= 4 is 23.4 Å². The largest absolute Gasteiger partial charge is 0.420 e. The van der Waals surface area contributed by atoms with Gasteiger partial charge in [0.15, 0.2) is 0 Å². The van der Waals surface area contributed by atoms with Crippen molar-refractivity contribution in [2.24, 2.45) is 0 Å². The third-order valence-electron chi connectivity index (χ3n) is 3.77. The van der Waals surface area contributed by atoms with E-state index in [-0.39, 0.29) is 11.0 Å². The summed E-state index contributed by atoms with van der Waals surface area (Å²) in [6.07, 6.45) is -1.66. The molecule has 0 spiro atoms. The maximum atomic E-state index is 13.3. The summed E-state index contributed by atoms with van der Waals surface area (Å²) in [4.78, 5) is 8.63. The van der Waals surface area contributed by atoms with Gasteiger partial charge in [-0.1, -0.05) is 55.4 Å². The highest BCUT2D eigenvalue weighted by Crippen LogP contribution is 2.38. The normalized spacial score (nSPS) is 11.4. The van der Waals surface area contributed by atoms with E-state index in [1.165, 1.54) is 5.56 Å². The lowest BCUT2D eigenvalue weighted by Gasteiger charge is -2.13. The van der Waals surface area contributed by atoms with Crippen molar-refractivity contribution in [3.63, 3.8) is 0 Å². The van der Waals surface area contributed by atoms with Crippen LogP contribution in [0.5, 0.6) is 0 Å². The van der Waals surface area contributed by atoms with Crippen LogP contribution in [0.1, 0.15) is 24.5 Å². The molecule has 0 radical (unpaired) electrons. The second kappa shape index (κ2) is 8.43. The van der Waals surface area contributed by atoms with E-state index < -0.39 is 11.7 Å². The van der Waals surface area contributed by atoms with Gasteiger partial charge < -0.3 is 5.32 Å². The molecule has 0 bridgehead atoms. The number of hydrogen-bond acceptors (Lipinski definition) is 4. The molecule has 0 unspecified atom stereocenters. The first-order valence-electron chi connectivity index (χ1n) is 8.49. The maximum Gasteiger partial charge on any atom is 0.420 e. The number of benzene rings is 2. The molecule has 0 amide bonds. The molecule has 7 heteroatoms. The maximum absolute atomic E-state index is 13.3. The number of aryl methyl sites for hydroxylation is 1. The zero-order valence-corrected chi connectivity index (χ0v) is 15.4. The van der Waals surface area contributed by atoms with Crippen LogP contribution in [-0.2, 0) is 12.6 Å². The molecule has 0 saturated heterocycles. The Morgan fingerprint density at radius 1 is 1.00 bits per heavy atom. The number of nitrogens with one attached hydrogen (secondary N) is 1. The zero-order valence-electron chi connectivity index (χ0n) is 14.6. The fourth-order valence-electron chi connectivity index (χ4n) is 2.47. The van der Waals surface area contributed by atoms with Crippen molar-refractivity contribution in [1.82, 2.24) is 9.97 Å². The van der Waals surface area contributed by atoms with Crippen LogP contribution in [0.3, 0.4) is 0 Å². The molecule has 0 fully saturated rings. The molecule has 2 aromatic carbocycles. The lowest BCUT2D eigenvalue weighted by atomic mass is 10.1. The first-order chi connectivity index (χ1) is 13.0. The van der Waals surface area contributed by atoms with E-state index in [4.69, 9.17) is 0 Å². The topological polar surface area (TPSA) is 37.8 Å². The number of halogens is 3. The van der Waals surface area contributed by atoms with E-state index in [0.717, 1.165) is 36.5 Å². The number of rotatable bonds is 6. The fourth-order valence-corrected chi connectivity index (χ4v) is 3.40. The highest BCUT2D eigenvalue weighted by atomic mass is 32.2. The first kappa shape index (κ1) is 19.2. The van der Waals surface area contributed by atoms with Crippen molar-refractivity contribution < 1.29 is 13.2 Å². The molecule has 0 aliphatic heterocycles. The van der Waals surface area contributed by atoms with Crippen molar-refractivity contribution in [1.29, 1.82) is 0 Å². The second-order valence-electron chi connectivity index (χ2n) is 5.90. The Morgan fingerprint density at radius 3 is 2.33 bits per heavy atom. The van der Waals surface area contributed by atoms with Crippen molar-refractivity contribution in [2.75, 3.05) is 5.32 Å². The minimum atomic E-state index is -4.52. The molecule has 0 atom stereocenters. The summed E-state index contributed by atoms with van der Waals surface area (Å²) >= 11 is 0.964. The van der Waals surface area contributed by atoms with Gasteiger partial charge in [-0.25, -0.2) is 9.97 Å². The number of hydrogen-bond donors (Lipinski definition) is 1. The van der Waals surface area contributed by atoms with Gasteiger partial charge in [0, 0.05) is 16.8 Å². The Kier molecular flexibility index (Phi) is 6.01. The van der Waals surface area contributed by atoms with Gasteiger partial charge in [0.2, 0.25) is 5.95 Å². The van der Waals surface area contributed by atoms with E-state index in [0.29, 0.717) is 4.90 Å². The summed E-state index contributed by atoms with van der Waals surface area (Å²) < 4.78 is 39.9.